The molecular weight excluding hydrogens is 369 g/mol. The van der Waals surface area contributed by atoms with E-state index in [1.807, 2.05) is 18.2 Å². The molecule has 2 heterocycles. The van der Waals surface area contributed by atoms with Crippen molar-refractivity contribution < 1.29 is 14.3 Å². The zero-order valence-corrected chi connectivity index (χ0v) is 15.5. The van der Waals surface area contributed by atoms with Crippen LogP contribution in [0.3, 0.4) is 0 Å². The van der Waals surface area contributed by atoms with Crippen LogP contribution in [-0.2, 0) is 11.3 Å². The van der Waals surface area contributed by atoms with Crippen LogP contribution in [0.2, 0.25) is 5.02 Å². The summed E-state index contributed by atoms with van der Waals surface area (Å²) in [6.45, 7) is 2.83. The van der Waals surface area contributed by atoms with Gasteiger partial charge in [0, 0.05) is 25.3 Å². The Morgan fingerprint density at radius 3 is 2.89 bits per heavy atom. The molecule has 27 heavy (non-hydrogen) atoms. The number of benzene rings is 1. The Labute approximate surface area is 162 Å². The number of likely N-dealkylation sites (tertiary alicyclic amines) is 1. The first-order chi connectivity index (χ1) is 13.0. The van der Waals surface area contributed by atoms with Crippen molar-refractivity contribution in [3.8, 4) is 0 Å². The lowest BCUT2D eigenvalue weighted by atomic mass is 10.0. The maximum atomic E-state index is 13.2. The first kappa shape index (κ1) is 19.3. The summed E-state index contributed by atoms with van der Waals surface area (Å²) in [6, 6.07) is 12.1. The predicted octanol–water partition coefficient (Wildman–Crippen LogP) is 4.21. The third-order valence-corrected chi connectivity index (χ3v) is 4.74. The van der Waals surface area contributed by atoms with E-state index >= 15 is 0 Å². The number of carbonyl (C=O) groups is 1. The summed E-state index contributed by atoms with van der Waals surface area (Å²) in [7, 11) is 0. The third-order valence-electron chi connectivity index (χ3n) is 4.46. The first-order valence-corrected chi connectivity index (χ1v) is 9.18. The standard InChI is InChI=1S/C20H21ClFN3O2/c21-17-9-15(10-18(22)20(26)27)11-23-19(17)24-16-7-4-8-25(13-16)12-14-5-2-1-3-6-14/h1-3,5-6,9-11,16H,4,7-8,12-13H2,(H,23,24)(H,26,27)/t16-/m1/s1. The molecule has 0 aliphatic carbocycles. The molecule has 0 spiro atoms. The number of hydrogen-bond acceptors (Lipinski definition) is 4. The Kier molecular flexibility index (Phi) is 6.42. The average molecular weight is 390 g/mol. The third kappa shape index (κ3) is 5.52. The molecule has 0 radical (unpaired) electrons. The van der Waals surface area contributed by atoms with Gasteiger partial charge in [0.25, 0.3) is 0 Å². The molecule has 1 aromatic heterocycles. The Bertz CT molecular complexity index is 829. The fourth-order valence-corrected chi connectivity index (χ4v) is 3.43. The summed E-state index contributed by atoms with van der Waals surface area (Å²) in [4.78, 5) is 17.2. The van der Waals surface area contributed by atoms with Crippen molar-refractivity contribution >= 4 is 29.5 Å². The molecule has 0 unspecified atom stereocenters. The monoisotopic (exact) mass is 389 g/mol. The molecule has 1 aliphatic rings. The summed E-state index contributed by atoms with van der Waals surface area (Å²) >= 11 is 6.24. The van der Waals surface area contributed by atoms with Crippen molar-refractivity contribution in [2.75, 3.05) is 18.4 Å². The maximum Gasteiger partial charge on any atom is 0.364 e. The molecule has 142 valence electrons. The van der Waals surface area contributed by atoms with Crippen molar-refractivity contribution in [3.05, 3.63) is 64.6 Å². The number of nitrogens with zero attached hydrogens (tertiary/aromatic N) is 2. The number of halogens is 2. The minimum Gasteiger partial charge on any atom is -0.476 e. The summed E-state index contributed by atoms with van der Waals surface area (Å²) in [5, 5.41) is 12.3. The van der Waals surface area contributed by atoms with Crippen LogP contribution in [0.1, 0.15) is 24.0 Å². The highest BCUT2D eigenvalue weighted by atomic mass is 35.5. The Morgan fingerprint density at radius 2 is 2.19 bits per heavy atom. The van der Waals surface area contributed by atoms with Gasteiger partial charge in [0.1, 0.15) is 5.82 Å². The van der Waals surface area contributed by atoms with E-state index in [9.17, 15) is 9.18 Å². The van der Waals surface area contributed by atoms with Gasteiger partial charge in [0.05, 0.1) is 5.02 Å². The number of carboxylic acid groups (broad SMARTS) is 1. The van der Waals surface area contributed by atoms with Crippen LogP contribution in [0.15, 0.2) is 48.4 Å². The number of rotatable bonds is 6. The lowest BCUT2D eigenvalue weighted by Gasteiger charge is -2.33. The summed E-state index contributed by atoms with van der Waals surface area (Å²) in [6.07, 6.45) is 4.39. The Hall–Kier alpha value is -2.44. The van der Waals surface area contributed by atoms with Crippen molar-refractivity contribution in [2.24, 2.45) is 0 Å². The van der Waals surface area contributed by atoms with Crippen molar-refractivity contribution in [2.45, 2.75) is 25.4 Å². The van der Waals surface area contributed by atoms with Gasteiger partial charge >= 0.3 is 5.97 Å². The van der Waals surface area contributed by atoms with Gasteiger partial charge in [-0.15, -0.1) is 0 Å². The van der Waals surface area contributed by atoms with Gasteiger partial charge in [-0.05, 0) is 42.7 Å². The molecule has 1 aliphatic heterocycles. The molecule has 3 rings (SSSR count). The fraction of sp³-hybridized carbons (Fsp3) is 0.300. The number of nitrogens with one attached hydrogen (secondary N) is 1. The number of anilines is 1. The molecule has 2 aromatic rings. The largest absolute Gasteiger partial charge is 0.476 e. The van der Waals surface area contributed by atoms with Gasteiger partial charge in [-0.3, -0.25) is 4.90 Å². The molecule has 0 amide bonds. The van der Waals surface area contributed by atoms with Gasteiger partial charge < -0.3 is 10.4 Å². The molecule has 1 fully saturated rings. The molecule has 2 N–H and O–H groups in total. The van der Waals surface area contributed by atoms with E-state index in [4.69, 9.17) is 16.7 Å². The van der Waals surface area contributed by atoms with Gasteiger partial charge in [0.15, 0.2) is 0 Å². The van der Waals surface area contributed by atoms with Crippen LogP contribution in [0.4, 0.5) is 10.2 Å². The molecule has 1 atom stereocenters. The lowest BCUT2D eigenvalue weighted by Crippen LogP contribution is -2.41. The zero-order valence-electron chi connectivity index (χ0n) is 14.7. The molecule has 0 bridgehead atoms. The highest BCUT2D eigenvalue weighted by Crippen LogP contribution is 2.24. The number of carboxylic acids is 1. The molecule has 7 heteroatoms. The van der Waals surface area contributed by atoms with Gasteiger partial charge in [-0.25, -0.2) is 9.78 Å². The highest BCUT2D eigenvalue weighted by molar-refractivity contribution is 6.33. The summed E-state index contributed by atoms with van der Waals surface area (Å²) in [5.41, 5.74) is 1.59. The summed E-state index contributed by atoms with van der Waals surface area (Å²) in [5.74, 6) is -2.34. The van der Waals surface area contributed by atoms with E-state index in [2.05, 4.69) is 27.3 Å². The van der Waals surface area contributed by atoms with Crippen LogP contribution in [-0.4, -0.2) is 40.1 Å². The zero-order chi connectivity index (χ0) is 19.2. The van der Waals surface area contributed by atoms with Crippen LogP contribution >= 0.6 is 11.6 Å². The van der Waals surface area contributed by atoms with Crippen LogP contribution in [0.5, 0.6) is 0 Å². The SMILES string of the molecule is O=C(O)C(F)=Cc1cnc(N[C@@H]2CCCN(Cc3ccccc3)C2)c(Cl)c1. The van der Waals surface area contributed by atoms with E-state index in [0.29, 0.717) is 16.4 Å². The van der Waals surface area contributed by atoms with Crippen molar-refractivity contribution in [1.82, 2.24) is 9.88 Å². The number of aromatic nitrogens is 1. The predicted molar refractivity (Wildman–Crippen MR) is 104 cm³/mol. The average Bonchev–Trinajstić information content (AvgIpc) is 2.65. The topological polar surface area (TPSA) is 65.5 Å². The molecule has 5 nitrogen and oxygen atoms in total. The maximum absolute atomic E-state index is 13.2. The fourth-order valence-electron chi connectivity index (χ4n) is 3.20. The van der Waals surface area contributed by atoms with Crippen LogP contribution in [0.25, 0.3) is 6.08 Å². The lowest BCUT2D eigenvalue weighted by molar-refractivity contribution is -0.134. The second-order valence-corrected chi connectivity index (χ2v) is 7.01. The number of hydrogen-bond donors (Lipinski definition) is 2. The van der Waals surface area contributed by atoms with Gasteiger partial charge in [-0.2, -0.15) is 4.39 Å². The second kappa shape index (κ2) is 8.97. The number of aliphatic carboxylic acids is 1. The second-order valence-electron chi connectivity index (χ2n) is 6.60. The molecule has 1 aromatic carbocycles. The highest BCUT2D eigenvalue weighted by Gasteiger charge is 2.21. The van der Waals surface area contributed by atoms with Gasteiger partial charge in [0.2, 0.25) is 5.83 Å². The number of piperidine rings is 1. The van der Waals surface area contributed by atoms with Gasteiger partial charge in [-0.1, -0.05) is 41.9 Å². The van der Waals surface area contributed by atoms with E-state index in [1.165, 1.54) is 17.8 Å². The number of pyridine rings is 1. The minimum atomic E-state index is -1.62. The van der Waals surface area contributed by atoms with E-state index in [-0.39, 0.29) is 6.04 Å². The molecule has 1 saturated heterocycles. The van der Waals surface area contributed by atoms with E-state index < -0.39 is 11.8 Å². The smallest absolute Gasteiger partial charge is 0.364 e. The van der Waals surface area contributed by atoms with Crippen molar-refractivity contribution in [3.63, 3.8) is 0 Å². The first-order valence-electron chi connectivity index (χ1n) is 8.80. The van der Waals surface area contributed by atoms with E-state index in [0.717, 1.165) is 38.6 Å². The minimum absolute atomic E-state index is 0.213. The Morgan fingerprint density at radius 1 is 1.41 bits per heavy atom. The van der Waals surface area contributed by atoms with E-state index in [1.54, 1.807) is 0 Å². The van der Waals surface area contributed by atoms with Crippen molar-refractivity contribution in [1.29, 1.82) is 0 Å². The normalized spacial score (nSPS) is 18.3. The molecular formula is C20H21ClFN3O2. The quantitative estimate of drug-likeness (QED) is 0.724. The molecule has 0 saturated carbocycles. The Balaban J connectivity index is 1.62. The summed E-state index contributed by atoms with van der Waals surface area (Å²) < 4.78 is 13.2. The van der Waals surface area contributed by atoms with Crippen LogP contribution in [0, 0.1) is 0 Å². The van der Waals surface area contributed by atoms with Crippen LogP contribution < -0.4 is 5.32 Å².